The Morgan fingerprint density at radius 2 is 1.94 bits per heavy atom. The highest BCUT2D eigenvalue weighted by atomic mass is 15.2. The van der Waals surface area contributed by atoms with E-state index in [-0.39, 0.29) is 0 Å². The Kier molecular flexibility index (Phi) is 1.86. The first-order valence-electron chi connectivity index (χ1n) is 5.00. The molecule has 3 rings (SSSR count). The van der Waals surface area contributed by atoms with Gasteiger partial charge in [-0.15, -0.1) is 0 Å². The van der Waals surface area contributed by atoms with Crippen LogP contribution >= 0.6 is 0 Å². The zero-order valence-corrected chi connectivity index (χ0v) is 8.51. The number of para-hydroxylation sites is 1. The van der Waals surface area contributed by atoms with Crippen molar-refractivity contribution >= 4 is 16.7 Å². The fourth-order valence-electron chi connectivity index (χ4n) is 1.68. The third-order valence-electron chi connectivity index (χ3n) is 2.47. The quantitative estimate of drug-likeness (QED) is 0.647. The number of hydrogen-bond acceptors (Lipinski definition) is 3. The van der Waals surface area contributed by atoms with Gasteiger partial charge in [0.15, 0.2) is 0 Å². The molecule has 0 amide bonds. The predicted molar refractivity (Wildman–Crippen MR) is 63.7 cm³/mol. The zero-order valence-electron chi connectivity index (χ0n) is 8.51. The number of aromatic amines is 1. The number of hydrogen-bond donors (Lipinski definition) is 2. The maximum absolute atomic E-state index is 5.56. The second kappa shape index (κ2) is 3.34. The third kappa shape index (κ3) is 1.40. The van der Waals surface area contributed by atoms with Crippen LogP contribution in [0, 0.1) is 0 Å². The SMILES string of the molecule is Nc1cc(-c2ccc3ccccc3n2)[nH]n1. The number of nitrogens with one attached hydrogen (secondary N) is 1. The average molecular weight is 210 g/mol. The molecule has 0 unspecified atom stereocenters. The highest BCUT2D eigenvalue weighted by Crippen LogP contribution is 2.19. The summed E-state index contributed by atoms with van der Waals surface area (Å²) in [5.74, 6) is 0.477. The standard InChI is InChI=1S/C12H10N4/c13-12-7-11(15-16-12)10-6-5-8-3-1-2-4-9(8)14-10/h1-7H,(H3,13,15,16). The number of rotatable bonds is 1. The average Bonchev–Trinajstić information content (AvgIpc) is 2.75. The Balaban J connectivity index is 2.18. The lowest BCUT2D eigenvalue weighted by Gasteiger charge is -1.99. The van der Waals surface area contributed by atoms with E-state index in [2.05, 4.69) is 15.2 Å². The van der Waals surface area contributed by atoms with Gasteiger partial charge in [-0.05, 0) is 12.1 Å². The Morgan fingerprint density at radius 1 is 1.06 bits per heavy atom. The molecule has 0 saturated heterocycles. The van der Waals surface area contributed by atoms with Crippen molar-refractivity contribution in [3.63, 3.8) is 0 Å². The van der Waals surface area contributed by atoms with Gasteiger partial charge in [0.2, 0.25) is 0 Å². The van der Waals surface area contributed by atoms with Gasteiger partial charge in [0, 0.05) is 11.5 Å². The van der Waals surface area contributed by atoms with Crippen molar-refractivity contribution in [1.29, 1.82) is 0 Å². The van der Waals surface area contributed by atoms with Crippen molar-refractivity contribution in [2.45, 2.75) is 0 Å². The fourth-order valence-corrected chi connectivity index (χ4v) is 1.68. The minimum atomic E-state index is 0.477. The Labute approximate surface area is 92.1 Å². The van der Waals surface area contributed by atoms with Gasteiger partial charge in [-0.3, -0.25) is 5.10 Å². The number of nitrogens with two attached hydrogens (primary N) is 1. The first-order valence-corrected chi connectivity index (χ1v) is 5.00. The van der Waals surface area contributed by atoms with E-state index in [0.29, 0.717) is 5.82 Å². The lowest BCUT2D eigenvalue weighted by molar-refractivity contribution is 1.10. The molecule has 0 spiro atoms. The number of fused-ring (bicyclic) bond motifs is 1. The predicted octanol–water partition coefficient (Wildman–Crippen LogP) is 2.21. The first-order chi connectivity index (χ1) is 7.83. The lowest BCUT2D eigenvalue weighted by atomic mass is 10.2. The number of nitrogens with zero attached hydrogens (tertiary/aromatic N) is 2. The molecular weight excluding hydrogens is 200 g/mol. The Hall–Kier alpha value is -2.36. The van der Waals surface area contributed by atoms with Crippen molar-refractivity contribution < 1.29 is 0 Å². The number of aromatic nitrogens is 3. The van der Waals surface area contributed by atoms with Gasteiger partial charge in [-0.1, -0.05) is 24.3 Å². The second-order valence-corrected chi connectivity index (χ2v) is 3.60. The molecule has 0 aliphatic rings. The Morgan fingerprint density at radius 3 is 2.75 bits per heavy atom. The van der Waals surface area contributed by atoms with E-state index < -0.39 is 0 Å². The summed E-state index contributed by atoms with van der Waals surface area (Å²) in [6.07, 6.45) is 0. The summed E-state index contributed by atoms with van der Waals surface area (Å²) in [6.45, 7) is 0. The molecule has 0 saturated carbocycles. The molecule has 16 heavy (non-hydrogen) atoms. The van der Waals surface area contributed by atoms with Crippen LogP contribution in [0.3, 0.4) is 0 Å². The van der Waals surface area contributed by atoms with E-state index in [4.69, 9.17) is 5.73 Å². The normalized spacial score (nSPS) is 10.8. The molecule has 2 aromatic heterocycles. The first kappa shape index (κ1) is 8.91. The molecule has 1 aromatic carbocycles. The third-order valence-corrected chi connectivity index (χ3v) is 2.47. The number of benzene rings is 1. The molecular formula is C12H10N4. The molecule has 4 heteroatoms. The van der Waals surface area contributed by atoms with Gasteiger partial charge in [-0.25, -0.2) is 4.98 Å². The summed E-state index contributed by atoms with van der Waals surface area (Å²) in [4.78, 5) is 4.53. The van der Waals surface area contributed by atoms with E-state index >= 15 is 0 Å². The van der Waals surface area contributed by atoms with Crippen LogP contribution in [-0.2, 0) is 0 Å². The summed E-state index contributed by atoms with van der Waals surface area (Å²) in [5.41, 5.74) is 8.21. The topological polar surface area (TPSA) is 67.6 Å². The van der Waals surface area contributed by atoms with Gasteiger partial charge in [0.25, 0.3) is 0 Å². The van der Waals surface area contributed by atoms with Crippen molar-refractivity contribution in [3.05, 3.63) is 42.5 Å². The fraction of sp³-hybridized carbons (Fsp3) is 0. The second-order valence-electron chi connectivity index (χ2n) is 3.60. The molecule has 0 atom stereocenters. The van der Waals surface area contributed by atoms with Crippen LogP contribution in [0.2, 0.25) is 0 Å². The summed E-state index contributed by atoms with van der Waals surface area (Å²) < 4.78 is 0. The number of pyridine rings is 1. The van der Waals surface area contributed by atoms with Crippen molar-refractivity contribution in [1.82, 2.24) is 15.2 Å². The van der Waals surface area contributed by atoms with Crippen LogP contribution in [0.4, 0.5) is 5.82 Å². The van der Waals surface area contributed by atoms with Crippen molar-refractivity contribution in [3.8, 4) is 11.4 Å². The van der Waals surface area contributed by atoms with Gasteiger partial charge in [-0.2, -0.15) is 5.10 Å². The zero-order chi connectivity index (χ0) is 11.0. The van der Waals surface area contributed by atoms with E-state index in [1.807, 2.05) is 36.4 Å². The van der Waals surface area contributed by atoms with Gasteiger partial charge in [0.1, 0.15) is 5.82 Å². The van der Waals surface area contributed by atoms with E-state index in [9.17, 15) is 0 Å². The summed E-state index contributed by atoms with van der Waals surface area (Å²) in [5, 5.41) is 7.86. The van der Waals surface area contributed by atoms with Crippen LogP contribution in [0.25, 0.3) is 22.3 Å². The lowest BCUT2D eigenvalue weighted by Crippen LogP contribution is -1.84. The highest BCUT2D eigenvalue weighted by Gasteiger charge is 2.03. The molecule has 0 aliphatic heterocycles. The minimum Gasteiger partial charge on any atom is -0.382 e. The van der Waals surface area contributed by atoms with E-state index in [1.54, 1.807) is 6.07 Å². The molecule has 0 aliphatic carbocycles. The molecule has 3 aromatic rings. The van der Waals surface area contributed by atoms with Crippen LogP contribution in [0.1, 0.15) is 0 Å². The van der Waals surface area contributed by atoms with Crippen LogP contribution in [-0.4, -0.2) is 15.2 Å². The van der Waals surface area contributed by atoms with Crippen LogP contribution < -0.4 is 5.73 Å². The summed E-state index contributed by atoms with van der Waals surface area (Å²) in [7, 11) is 0. The number of nitrogen functional groups attached to an aromatic ring is 1. The number of anilines is 1. The van der Waals surface area contributed by atoms with Crippen molar-refractivity contribution in [2.75, 3.05) is 5.73 Å². The Bertz CT molecular complexity index is 642. The van der Waals surface area contributed by atoms with Crippen LogP contribution in [0.5, 0.6) is 0 Å². The summed E-state index contributed by atoms with van der Waals surface area (Å²) >= 11 is 0. The molecule has 0 bridgehead atoms. The van der Waals surface area contributed by atoms with Gasteiger partial charge >= 0.3 is 0 Å². The van der Waals surface area contributed by atoms with Crippen LogP contribution in [0.15, 0.2) is 42.5 Å². The summed E-state index contributed by atoms with van der Waals surface area (Å²) in [6, 6.07) is 13.8. The smallest absolute Gasteiger partial charge is 0.145 e. The molecule has 0 fully saturated rings. The van der Waals surface area contributed by atoms with Gasteiger partial charge in [0.05, 0.1) is 16.9 Å². The molecule has 2 heterocycles. The molecule has 4 nitrogen and oxygen atoms in total. The maximum Gasteiger partial charge on any atom is 0.145 e. The number of H-pyrrole nitrogens is 1. The largest absolute Gasteiger partial charge is 0.382 e. The van der Waals surface area contributed by atoms with E-state index in [0.717, 1.165) is 22.3 Å². The minimum absolute atomic E-state index is 0.477. The highest BCUT2D eigenvalue weighted by molar-refractivity contribution is 5.81. The molecule has 0 radical (unpaired) electrons. The van der Waals surface area contributed by atoms with E-state index in [1.165, 1.54) is 0 Å². The maximum atomic E-state index is 5.56. The van der Waals surface area contributed by atoms with Gasteiger partial charge < -0.3 is 5.73 Å². The molecule has 78 valence electrons. The monoisotopic (exact) mass is 210 g/mol. The van der Waals surface area contributed by atoms with Crippen molar-refractivity contribution in [2.24, 2.45) is 0 Å². The molecule has 3 N–H and O–H groups in total.